The molecular formula is C28H32FN5O. The lowest BCUT2D eigenvalue weighted by Gasteiger charge is -2.33. The number of nitrogens with one attached hydrogen (secondary N) is 1. The Morgan fingerprint density at radius 1 is 1.00 bits per heavy atom. The highest BCUT2D eigenvalue weighted by Gasteiger charge is 2.22. The van der Waals surface area contributed by atoms with Gasteiger partial charge < -0.3 is 5.32 Å². The van der Waals surface area contributed by atoms with Gasteiger partial charge in [0, 0.05) is 50.5 Å². The van der Waals surface area contributed by atoms with E-state index in [1.165, 1.54) is 23.3 Å². The van der Waals surface area contributed by atoms with E-state index in [9.17, 15) is 9.18 Å². The molecule has 0 spiro atoms. The number of carbonyl (C=O) groups is 1. The summed E-state index contributed by atoms with van der Waals surface area (Å²) < 4.78 is 14.9. The molecule has 0 bridgehead atoms. The summed E-state index contributed by atoms with van der Waals surface area (Å²) in [6.07, 6.45) is 8.89. The van der Waals surface area contributed by atoms with E-state index in [1.54, 1.807) is 16.8 Å². The minimum Gasteiger partial charge on any atom is -0.352 e. The van der Waals surface area contributed by atoms with Gasteiger partial charge in [-0.1, -0.05) is 36.4 Å². The molecule has 1 fully saturated rings. The number of piperidine rings is 1. The number of hydrogen-bond acceptors (Lipinski definition) is 4. The Kier molecular flexibility index (Phi) is 7.35. The molecule has 5 rings (SSSR count). The Morgan fingerprint density at radius 2 is 1.77 bits per heavy atom. The lowest BCUT2D eigenvalue weighted by atomic mass is 10.0. The van der Waals surface area contributed by atoms with E-state index in [4.69, 9.17) is 0 Å². The molecule has 0 radical (unpaired) electrons. The van der Waals surface area contributed by atoms with Crippen LogP contribution >= 0.6 is 0 Å². The zero-order valence-corrected chi connectivity index (χ0v) is 19.9. The Labute approximate surface area is 206 Å². The zero-order chi connectivity index (χ0) is 24.0. The third kappa shape index (κ3) is 6.24. The number of amides is 1. The number of benzene rings is 2. The van der Waals surface area contributed by atoms with Gasteiger partial charge >= 0.3 is 0 Å². The number of likely N-dealkylation sites (tertiary alicyclic amines) is 1. The van der Waals surface area contributed by atoms with Gasteiger partial charge in [-0.25, -0.2) is 9.07 Å². The maximum atomic E-state index is 13.2. The monoisotopic (exact) mass is 473 g/mol. The summed E-state index contributed by atoms with van der Waals surface area (Å²) in [5, 5.41) is 7.68. The molecule has 1 N–H and O–H groups in total. The van der Waals surface area contributed by atoms with Crippen molar-refractivity contribution < 1.29 is 9.18 Å². The van der Waals surface area contributed by atoms with Gasteiger partial charge in [0.1, 0.15) is 5.82 Å². The normalized spacial score (nSPS) is 17.8. The standard InChI is InChI=1S/C28H32FN5O/c29-25-6-8-27(9-7-25)34-20-24(18-30-34)23-10-14-33(15-11-23)21-28(35)31-26-12-16-32(17-13-26)19-22-4-2-1-3-5-22/h1-10,18,20,26H,11-17,19,21H2,(H,31,35). The van der Waals surface area contributed by atoms with Gasteiger partial charge in [-0.3, -0.25) is 14.6 Å². The van der Waals surface area contributed by atoms with Gasteiger partial charge in [0.25, 0.3) is 0 Å². The van der Waals surface area contributed by atoms with Gasteiger partial charge in [0.15, 0.2) is 0 Å². The highest BCUT2D eigenvalue weighted by atomic mass is 19.1. The average molecular weight is 474 g/mol. The lowest BCUT2D eigenvalue weighted by molar-refractivity contribution is -0.123. The van der Waals surface area contributed by atoms with E-state index in [1.807, 2.05) is 18.5 Å². The van der Waals surface area contributed by atoms with Crippen molar-refractivity contribution >= 4 is 11.5 Å². The van der Waals surface area contributed by atoms with Crippen LogP contribution in [-0.4, -0.2) is 64.3 Å². The molecule has 7 heteroatoms. The molecule has 0 aliphatic carbocycles. The molecule has 182 valence electrons. The van der Waals surface area contributed by atoms with Gasteiger partial charge in [-0.2, -0.15) is 5.10 Å². The van der Waals surface area contributed by atoms with Crippen LogP contribution < -0.4 is 5.32 Å². The molecular weight excluding hydrogens is 441 g/mol. The Balaban J connectivity index is 1.06. The fourth-order valence-electron chi connectivity index (χ4n) is 4.89. The lowest BCUT2D eigenvalue weighted by Crippen LogP contribution is -2.47. The maximum absolute atomic E-state index is 13.2. The fraction of sp³-hybridized carbons (Fsp3) is 0.357. The second-order valence-corrected chi connectivity index (χ2v) is 9.47. The van der Waals surface area contributed by atoms with Crippen molar-refractivity contribution in [1.29, 1.82) is 0 Å². The quantitative estimate of drug-likeness (QED) is 0.566. The Bertz CT molecular complexity index is 1150. The first kappa shape index (κ1) is 23.5. The highest BCUT2D eigenvalue weighted by molar-refractivity contribution is 5.78. The molecule has 0 saturated carbocycles. The fourth-order valence-corrected chi connectivity index (χ4v) is 4.89. The number of rotatable bonds is 7. The Hall–Kier alpha value is -3.29. The van der Waals surface area contributed by atoms with Crippen LogP contribution in [0.25, 0.3) is 11.3 Å². The molecule has 2 aliphatic rings. The third-order valence-corrected chi connectivity index (χ3v) is 6.91. The molecule has 1 saturated heterocycles. The van der Waals surface area contributed by atoms with Crippen molar-refractivity contribution in [2.75, 3.05) is 32.7 Å². The molecule has 1 aromatic heterocycles. The van der Waals surface area contributed by atoms with E-state index in [0.29, 0.717) is 6.54 Å². The van der Waals surface area contributed by atoms with Crippen molar-refractivity contribution in [2.45, 2.75) is 31.8 Å². The number of halogens is 1. The summed E-state index contributed by atoms with van der Waals surface area (Å²) in [5.74, 6) is -0.138. The number of nitrogens with zero attached hydrogens (tertiary/aromatic N) is 4. The molecule has 2 aliphatic heterocycles. The van der Waals surface area contributed by atoms with Gasteiger partial charge in [0.2, 0.25) is 5.91 Å². The van der Waals surface area contributed by atoms with E-state index in [0.717, 1.165) is 63.2 Å². The van der Waals surface area contributed by atoms with E-state index < -0.39 is 0 Å². The first-order valence-electron chi connectivity index (χ1n) is 12.4. The minimum absolute atomic E-state index is 0.118. The van der Waals surface area contributed by atoms with Crippen LogP contribution in [0.5, 0.6) is 0 Å². The van der Waals surface area contributed by atoms with Crippen molar-refractivity contribution in [1.82, 2.24) is 24.9 Å². The minimum atomic E-state index is -0.256. The first-order chi connectivity index (χ1) is 17.1. The second-order valence-electron chi connectivity index (χ2n) is 9.47. The second kappa shape index (κ2) is 11.0. The smallest absolute Gasteiger partial charge is 0.234 e. The molecule has 6 nitrogen and oxygen atoms in total. The molecule has 3 aromatic rings. The van der Waals surface area contributed by atoms with Crippen molar-refractivity contribution in [2.24, 2.45) is 0 Å². The molecule has 1 amide bonds. The summed E-state index contributed by atoms with van der Waals surface area (Å²) in [4.78, 5) is 17.3. The first-order valence-corrected chi connectivity index (χ1v) is 12.4. The summed E-state index contributed by atoms with van der Waals surface area (Å²) in [6.45, 7) is 5.04. The number of carbonyl (C=O) groups excluding carboxylic acids is 1. The predicted octanol–water partition coefficient (Wildman–Crippen LogP) is 3.88. The molecule has 2 aromatic carbocycles. The molecule has 0 unspecified atom stereocenters. The van der Waals surface area contributed by atoms with Crippen molar-refractivity contribution in [3.8, 4) is 5.69 Å². The van der Waals surface area contributed by atoms with Crippen LogP contribution in [-0.2, 0) is 11.3 Å². The van der Waals surface area contributed by atoms with Crippen molar-refractivity contribution in [3.63, 3.8) is 0 Å². The SMILES string of the molecule is O=C(CN1CC=C(c2cnn(-c3ccc(F)cc3)c2)CC1)NC1CCN(Cc2ccccc2)CC1. The van der Waals surface area contributed by atoms with Gasteiger partial charge in [-0.15, -0.1) is 0 Å². The highest BCUT2D eigenvalue weighted by Crippen LogP contribution is 2.23. The van der Waals surface area contributed by atoms with Gasteiger partial charge in [0.05, 0.1) is 18.4 Å². The maximum Gasteiger partial charge on any atom is 0.234 e. The van der Waals surface area contributed by atoms with E-state index >= 15 is 0 Å². The molecule has 3 heterocycles. The van der Waals surface area contributed by atoms with Gasteiger partial charge in [-0.05, 0) is 54.7 Å². The largest absolute Gasteiger partial charge is 0.352 e. The molecule has 0 atom stereocenters. The topological polar surface area (TPSA) is 53.4 Å². The number of hydrogen-bond donors (Lipinski definition) is 1. The average Bonchev–Trinajstić information content (AvgIpc) is 3.37. The van der Waals surface area contributed by atoms with Crippen LogP contribution in [0, 0.1) is 5.82 Å². The van der Waals surface area contributed by atoms with Crippen LogP contribution in [0.1, 0.15) is 30.4 Å². The Morgan fingerprint density at radius 3 is 2.49 bits per heavy atom. The molecule has 35 heavy (non-hydrogen) atoms. The third-order valence-electron chi connectivity index (χ3n) is 6.91. The summed E-state index contributed by atoms with van der Waals surface area (Å²) in [5.41, 5.74) is 4.48. The van der Waals surface area contributed by atoms with E-state index in [2.05, 4.69) is 50.6 Å². The summed E-state index contributed by atoms with van der Waals surface area (Å²) in [7, 11) is 0. The predicted molar refractivity (Wildman–Crippen MR) is 135 cm³/mol. The van der Waals surface area contributed by atoms with E-state index in [-0.39, 0.29) is 17.8 Å². The number of aromatic nitrogens is 2. The van der Waals surface area contributed by atoms with Crippen LogP contribution in [0.2, 0.25) is 0 Å². The van der Waals surface area contributed by atoms with Crippen LogP contribution in [0.4, 0.5) is 4.39 Å². The summed E-state index contributed by atoms with van der Waals surface area (Å²) >= 11 is 0. The van der Waals surface area contributed by atoms with Crippen LogP contribution in [0.3, 0.4) is 0 Å². The van der Waals surface area contributed by atoms with Crippen molar-refractivity contribution in [3.05, 3.63) is 90.0 Å². The van der Waals surface area contributed by atoms with Crippen LogP contribution in [0.15, 0.2) is 73.1 Å². The zero-order valence-electron chi connectivity index (χ0n) is 19.9. The summed E-state index contributed by atoms with van der Waals surface area (Å²) in [6, 6.07) is 17.1.